The van der Waals surface area contributed by atoms with Crippen LogP contribution in [0.25, 0.3) is 0 Å². The van der Waals surface area contributed by atoms with Gasteiger partial charge in [-0.3, -0.25) is 4.79 Å². The zero-order valence-electron chi connectivity index (χ0n) is 11.4. The summed E-state index contributed by atoms with van der Waals surface area (Å²) in [6.45, 7) is 2.61. The van der Waals surface area contributed by atoms with Gasteiger partial charge in [0.2, 0.25) is 5.91 Å². The van der Waals surface area contributed by atoms with E-state index in [-0.39, 0.29) is 11.7 Å². The van der Waals surface area contributed by atoms with Crippen LogP contribution in [-0.2, 0) is 11.2 Å². The quantitative estimate of drug-likeness (QED) is 0.880. The number of hydrogen-bond donors (Lipinski definition) is 1. The molecule has 0 aliphatic carbocycles. The minimum absolute atomic E-state index is 0.185. The smallest absolute Gasteiger partial charge is 0.222 e. The van der Waals surface area contributed by atoms with Crippen molar-refractivity contribution in [2.75, 3.05) is 26.7 Å². The summed E-state index contributed by atoms with van der Waals surface area (Å²) in [5.41, 5.74) is 0.933. The van der Waals surface area contributed by atoms with Gasteiger partial charge in [-0.05, 0) is 49.5 Å². The van der Waals surface area contributed by atoms with Gasteiger partial charge in [-0.2, -0.15) is 0 Å². The third kappa shape index (κ3) is 4.31. The average Bonchev–Trinajstić information content (AvgIpc) is 2.89. The van der Waals surface area contributed by atoms with Crippen molar-refractivity contribution in [2.45, 2.75) is 19.3 Å². The number of nitrogens with zero attached hydrogens (tertiary/aromatic N) is 1. The molecule has 0 aromatic heterocycles. The molecule has 1 N–H and O–H groups in total. The van der Waals surface area contributed by atoms with Crippen molar-refractivity contribution in [3.8, 4) is 0 Å². The molecule has 0 bridgehead atoms. The standard InChI is InChI=1S/C15H21FN2O/c1-18(15(19)10-13-5-7-17-11-13)8-6-12-3-2-4-14(16)9-12/h2-4,9,13,17H,5-8,10-11H2,1H3. The molecular weight excluding hydrogens is 243 g/mol. The highest BCUT2D eigenvalue weighted by molar-refractivity contribution is 5.76. The molecule has 1 aliphatic rings. The summed E-state index contributed by atoms with van der Waals surface area (Å²) in [6.07, 6.45) is 2.40. The van der Waals surface area contributed by atoms with Crippen molar-refractivity contribution >= 4 is 5.91 Å². The molecule has 3 nitrogen and oxygen atoms in total. The molecule has 2 rings (SSSR count). The summed E-state index contributed by atoms with van der Waals surface area (Å²) >= 11 is 0. The Kier molecular flexibility index (Phi) is 4.91. The maximum atomic E-state index is 13.0. The van der Waals surface area contributed by atoms with Crippen LogP contribution in [0.1, 0.15) is 18.4 Å². The first kappa shape index (κ1) is 14.0. The molecule has 1 fully saturated rings. The number of halogens is 1. The second-order valence-electron chi connectivity index (χ2n) is 5.26. The first-order valence-electron chi connectivity index (χ1n) is 6.84. The Balaban J connectivity index is 1.76. The Bertz CT molecular complexity index is 430. The van der Waals surface area contributed by atoms with Crippen LogP contribution in [0.5, 0.6) is 0 Å². The van der Waals surface area contributed by atoms with E-state index in [0.717, 1.165) is 25.1 Å². The molecule has 1 atom stereocenters. The second kappa shape index (κ2) is 6.66. The summed E-state index contributed by atoms with van der Waals surface area (Å²) in [7, 11) is 1.82. The Morgan fingerprint density at radius 2 is 2.37 bits per heavy atom. The van der Waals surface area contributed by atoms with E-state index in [1.165, 1.54) is 12.1 Å². The zero-order valence-corrected chi connectivity index (χ0v) is 11.4. The number of benzene rings is 1. The van der Waals surface area contributed by atoms with Crippen LogP contribution < -0.4 is 5.32 Å². The van der Waals surface area contributed by atoms with Gasteiger partial charge in [-0.15, -0.1) is 0 Å². The van der Waals surface area contributed by atoms with Gasteiger partial charge in [0.1, 0.15) is 5.82 Å². The maximum absolute atomic E-state index is 13.0. The molecule has 1 heterocycles. The van der Waals surface area contributed by atoms with E-state index in [4.69, 9.17) is 0 Å². The highest BCUT2D eigenvalue weighted by Gasteiger charge is 2.19. The number of carbonyl (C=O) groups is 1. The molecule has 0 saturated carbocycles. The molecular formula is C15H21FN2O. The number of likely N-dealkylation sites (N-methyl/N-ethyl adjacent to an activating group) is 1. The fraction of sp³-hybridized carbons (Fsp3) is 0.533. The van der Waals surface area contributed by atoms with Gasteiger partial charge < -0.3 is 10.2 Å². The minimum Gasteiger partial charge on any atom is -0.345 e. The van der Waals surface area contributed by atoms with Crippen LogP contribution in [0.3, 0.4) is 0 Å². The van der Waals surface area contributed by atoms with Gasteiger partial charge in [-0.1, -0.05) is 12.1 Å². The molecule has 104 valence electrons. The second-order valence-corrected chi connectivity index (χ2v) is 5.26. The molecule has 1 amide bonds. The Morgan fingerprint density at radius 1 is 1.53 bits per heavy atom. The van der Waals surface area contributed by atoms with Gasteiger partial charge in [0.15, 0.2) is 0 Å². The van der Waals surface area contributed by atoms with Gasteiger partial charge in [0, 0.05) is 20.0 Å². The van der Waals surface area contributed by atoms with Crippen molar-refractivity contribution in [3.63, 3.8) is 0 Å². The van der Waals surface area contributed by atoms with E-state index in [0.29, 0.717) is 25.3 Å². The fourth-order valence-electron chi connectivity index (χ4n) is 2.41. The fourth-order valence-corrected chi connectivity index (χ4v) is 2.41. The Morgan fingerprint density at radius 3 is 3.05 bits per heavy atom. The van der Waals surface area contributed by atoms with E-state index < -0.39 is 0 Å². The molecule has 1 unspecified atom stereocenters. The lowest BCUT2D eigenvalue weighted by atomic mass is 10.0. The van der Waals surface area contributed by atoms with Gasteiger partial charge >= 0.3 is 0 Å². The first-order valence-corrected chi connectivity index (χ1v) is 6.84. The molecule has 4 heteroatoms. The molecule has 1 saturated heterocycles. The third-order valence-electron chi connectivity index (χ3n) is 3.68. The molecule has 1 aliphatic heterocycles. The highest BCUT2D eigenvalue weighted by Crippen LogP contribution is 2.13. The number of nitrogens with one attached hydrogen (secondary N) is 1. The number of carbonyl (C=O) groups excluding carboxylic acids is 1. The van der Waals surface area contributed by atoms with Crippen LogP contribution in [0.15, 0.2) is 24.3 Å². The van der Waals surface area contributed by atoms with Crippen molar-refractivity contribution in [3.05, 3.63) is 35.6 Å². The summed E-state index contributed by atoms with van der Waals surface area (Å²) < 4.78 is 13.0. The van der Waals surface area contributed by atoms with E-state index in [1.807, 2.05) is 13.1 Å². The molecule has 19 heavy (non-hydrogen) atoms. The van der Waals surface area contributed by atoms with Crippen molar-refractivity contribution in [1.82, 2.24) is 10.2 Å². The normalized spacial score (nSPS) is 18.5. The predicted molar refractivity (Wildman–Crippen MR) is 73.3 cm³/mol. The van der Waals surface area contributed by atoms with Gasteiger partial charge in [0.25, 0.3) is 0 Å². The van der Waals surface area contributed by atoms with Crippen LogP contribution in [-0.4, -0.2) is 37.5 Å². The van der Waals surface area contributed by atoms with Crippen molar-refractivity contribution in [1.29, 1.82) is 0 Å². The lowest BCUT2D eigenvalue weighted by Crippen LogP contribution is -2.30. The largest absolute Gasteiger partial charge is 0.345 e. The molecule has 1 aromatic carbocycles. The van der Waals surface area contributed by atoms with Crippen LogP contribution in [0.4, 0.5) is 4.39 Å². The van der Waals surface area contributed by atoms with E-state index >= 15 is 0 Å². The summed E-state index contributed by atoms with van der Waals surface area (Å²) in [6, 6.07) is 6.56. The Hall–Kier alpha value is -1.42. The van der Waals surface area contributed by atoms with Crippen LogP contribution in [0.2, 0.25) is 0 Å². The molecule has 0 radical (unpaired) electrons. The number of rotatable bonds is 5. The summed E-state index contributed by atoms with van der Waals surface area (Å²) in [5, 5.41) is 3.27. The predicted octanol–water partition coefficient (Wildman–Crippen LogP) is 1.83. The number of hydrogen-bond acceptors (Lipinski definition) is 2. The SMILES string of the molecule is CN(CCc1cccc(F)c1)C(=O)CC1CCNC1. The van der Waals surface area contributed by atoms with Crippen LogP contribution >= 0.6 is 0 Å². The lowest BCUT2D eigenvalue weighted by Gasteiger charge is -2.19. The monoisotopic (exact) mass is 264 g/mol. The maximum Gasteiger partial charge on any atom is 0.222 e. The Labute approximate surface area is 113 Å². The average molecular weight is 264 g/mol. The van der Waals surface area contributed by atoms with Crippen LogP contribution in [0, 0.1) is 11.7 Å². The topological polar surface area (TPSA) is 32.3 Å². The minimum atomic E-state index is -0.219. The third-order valence-corrected chi connectivity index (χ3v) is 3.68. The van der Waals surface area contributed by atoms with Gasteiger partial charge in [0.05, 0.1) is 0 Å². The molecule has 0 spiro atoms. The first-order chi connectivity index (χ1) is 9.15. The van der Waals surface area contributed by atoms with E-state index in [2.05, 4.69) is 5.32 Å². The van der Waals surface area contributed by atoms with Crippen molar-refractivity contribution < 1.29 is 9.18 Å². The van der Waals surface area contributed by atoms with E-state index in [1.54, 1.807) is 11.0 Å². The summed E-state index contributed by atoms with van der Waals surface area (Å²) in [5.74, 6) is 0.442. The van der Waals surface area contributed by atoms with Crippen molar-refractivity contribution in [2.24, 2.45) is 5.92 Å². The lowest BCUT2D eigenvalue weighted by molar-refractivity contribution is -0.130. The molecule has 1 aromatic rings. The number of amides is 1. The zero-order chi connectivity index (χ0) is 13.7. The summed E-state index contributed by atoms with van der Waals surface area (Å²) in [4.78, 5) is 13.8. The highest BCUT2D eigenvalue weighted by atomic mass is 19.1. The van der Waals surface area contributed by atoms with Gasteiger partial charge in [-0.25, -0.2) is 4.39 Å². The van der Waals surface area contributed by atoms with E-state index in [9.17, 15) is 9.18 Å².